The lowest BCUT2D eigenvalue weighted by molar-refractivity contribution is 0.174. The highest BCUT2D eigenvalue weighted by Crippen LogP contribution is 2.37. The number of aliphatic hydroxyl groups excluding tert-OH is 1. The second-order valence-corrected chi connectivity index (χ2v) is 5.72. The van der Waals surface area contributed by atoms with Crippen LogP contribution in [-0.4, -0.2) is 28.1 Å². The number of benzene rings is 2. The van der Waals surface area contributed by atoms with E-state index < -0.39 is 0 Å². The monoisotopic (exact) mass is 310 g/mol. The SMILES string of the molecule is Cc1ccc(-c2nc3cc4c(cc3n2CCCO)OCO4)cc1. The van der Waals surface area contributed by atoms with Gasteiger partial charge in [0, 0.05) is 30.8 Å². The molecule has 118 valence electrons. The Morgan fingerprint density at radius 1 is 1.13 bits per heavy atom. The molecule has 0 radical (unpaired) electrons. The first-order chi connectivity index (χ1) is 11.3. The molecule has 2 aromatic carbocycles. The molecule has 5 heteroatoms. The zero-order valence-electron chi connectivity index (χ0n) is 13.0. The average Bonchev–Trinajstić information content (AvgIpc) is 3.15. The van der Waals surface area contributed by atoms with Crippen LogP contribution in [0.5, 0.6) is 11.5 Å². The van der Waals surface area contributed by atoms with Crippen molar-refractivity contribution in [2.45, 2.75) is 19.9 Å². The van der Waals surface area contributed by atoms with E-state index in [0.29, 0.717) is 13.0 Å². The first-order valence-electron chi connectivity index (χ1n) is 7.74. The van der Waals surface area contributed by atoms with E-state index in [9.17, 15) is 5.11 Å². The molecule has 0 aliphatic carbocycles. The number of imidazole rings is 1. The lowest BCUT2D eigenvalue weighted by atomic mass is 10.1. The lowest BCUT2D eigenvalue weighted by Gasteiger charge is -2.09. The number of rotatable bonds is 4. The minimum atomic E-state index is 0.150. The van der Waals surface area contributed by atoms with Crippen LogP contribution >= 0.6 is 0 Å². The normalized spacial score (nSPS) is 13.0. The fraction of sp³-hybridized carbons (Fsp3) is 0.278. The predicted octanol–water partition coefficient (Wildman–Crippen LogP) is 3.12. The number of aromatic nitrogens is 2. The van der Waals surface area contributed by atoms with Gasteiger partial charge < -0.3 is 19.1 Å². The van der Waals surface area contributed by atoms with E-state index >= 15 is 0 Å². The second-order valence-electron chi connectivity index (χ2n) is 5.72. The molecule has 2 heterocycles. The number of fused-ring (bicyclic) bond motifs is 2. The molecule has 1 aliphatic rings. The molecule has 0 bridgehead atoms. The molecule has 4 rings (SSSR count). The van der Waals surface area contributed by atoms with Gasteiger partial charge in [-0.3, -0.25) is 0 Å². The molecule has 0 atom stereocenters. The first-order valence-corrected chi connectivity index (χ1v) is 7.74. The minimum absolute atomic E-state index is 0.150. The van der Waals surface area contributed by atoms with E-state index in [1.807, 2.05) is 12.1 Å². The third-order valence-electron chi connectivity index (χ3n) is 4.09. The maximum Gasteiger partial charge on any atom is 0.231 e. The minimum Gasteiger partial charge on any atom is -0.454 e. The molecule has 0 saturated carbocycles. The first kappa shape index (κ1) is 14.1. The predicted molar refractivity (Wildman–Crippen MR) is 87.7 cm³/mol. The Balaban J connectivity index is 1.89. The maximum atomic E-state index is 9.21. The quantitative estimate of drug-likeness (QED) is 0.804. The van der Waals surface area contributed by atoms with Gasteiger partial charge >= 0.3 is 0 Å². The van der Waals surface area contributed by atoms with Crippen molar-refractivity contribution in [2.24, 2.45) is 0 Å². The molecule has 0 unspecified atom stereocenters. The molecular weight excluding hydrogens is 292 g/mol. The number of hydrogen-bond donors (Lipinski definition) is 1. The van der Waals surface area contributed by atoms with Crippen LogP contribution in [0.4, 0.5) is 0 Å². The number of ether oxygens (including phenoxy) is 2. The van der Waals surface area contributed by atoms with Crippen LogP contribution < -0.4 is 9.47 Å². The van der Waals surface area contributed by atoms with Crippen LogP contribution in [0.25, 0.3) is 22.4 Å². The van der Waals surface area contributed by atoms with Crippen molar-refractivity contribution in [3.05, 3.63) is 42.0 Å². The van der Waals surface area contributed by atoms with Crippen LogP contribution in [0.1, 0.15) is 12.0 Å². The van der Waals surface area contributed by atoms with Gasteiger partial charge in [0.1, 0.15) is 5.82 Å². The van der Waals surface area contributed by atoms with E-state index in [1.54, 1.807) is 0 Å². The summed E-state index contributed by atoms with van der Waals surface area (Å²) in [5.41, 5.74) is 4.15. The average molecular weight is 310 g/mol. The fourth-order valence-electron chi connectivity index (χ4n) is 2.89. The molecule has 3 aromatic rings. The molecule has 23 heavy (non-hydrogen) atoms. The molecule has 0 saturated heterocycles. The van der Waals surface area contributed by atoms with Gasteiger partial charge in [-0.1, -0.05) is 29.8 Å². The maximum absolute atomic E-state index is 9.21. The summed E-state index contributed by atoms with van der Waals surface area (Å²) in [5, 5.41) is 9.21. The summed E-state index contributed by atoms with van der Waals surface area (Å²) in [6.07, 6.45) is 0.679. The molecule has 0 spiro atoms. The summed E-state index contributed by atoms with van der Waals surface area (Å²) in [4.78, 5) is 4.79. The van der Waals surface area contributed by atoms with Crippen LogP contribution in [-0.2, 0) is 6.54 Å². The Bertz CT molecular complexity index is 853. The van der Waals surface area contributed by atoms with Gasteiger partial charge in [-0.25, -0.2) is 4.98 Å². The number of hydrogen-bond acceptors (Lipinski definition) is 4. The summed E-state index contributed by atoms with van der Waals surface area (Å²) in [7, 11) is 0. The molecule has 1 N–H and O–H groups in total. The van der Waals surface area contributed by atoms with Crippen LogP contribution in [0.3, 0.4) is 0 Å². The molecule has 5 nitrogen and oxygen atoms in total. The Morgan fingerprint density at radius 3 is 2.61 bits per heavy atom. The van der Waals surface area contributed by atoms with Gasteiger partial charge in [-0.2, -0.15) is 0 Å². The zero-order valence-corrected chi connectivity index (χ0v) is 13.0. The Labute approximate surface area is 134 Å². The summed E-state index contributed by atoms with van der Waals surface area (Å²) in [6.45, 7) is 3.18. The van der Waals surface area contributed by atoms with Gasteiger partial charge in [0.15, 0.2) is 11.5 Å². The van der Waals surface area contributed by atoms with Gasteiger partial charge in [0.25, 0.3) is 0 Å². The van der Waals surface area contributed by atoms with E-state index in [4.69, 9.17) is 14.5 Å². The van der Waals surface area contributed by atoms with Crippen molar-refractivity contribution in [2.75, 3.05) is 13.4 Å². The smallest absolute Gasteiger partial charge is 0.231 e. The summed E-state index contributed by atoms with van der Waals surface area (Å²) in [6, 6.07) is 12.2. The van der Waals surface area contributed by atoms with E-state index in [2.05, 4.69) is 35.8 Å². The van der Waals surface area contributed by atoms with Crippen molar-refractivity contribution in [3.63, 3.8) is 0 Å². The van der Waals surface area contributed by atoms with Crippen LogP contribution in [0.2, 0.25) is 0 Å². The van der Waals surface area contributed by atoms with E-state index in [0.717, 1.165) is 33.9 Å². The molecule has 1 aromatic heterocycles. The standard InChI is InChI=1S/C18H18N2O3/c1-12-3-5-13(6-4-12)18-19-14-9-16-17(23-11-22-16)10-15(14)20(18)7-2-8-21/h3-6,9-10,21H,2,7-8,11H2,1H3. The number of aryl methyl sites for hydroxylation is 2. The van der Waals surface area contributed by atoms with Crippen molar-refractivity contribution < 1.29 is 14.6 Å². The highest BCUT2D eigenvalue weighted by Gasteiger charge is 2.19. The van der Waals surface area contributed by atoms with E-state index in [1.165, 1.54) is 5.56 Å². The van der Waals surface area contributed by atoms with Crippen molar-refractivity contribution in [1.82, 2.24) is 9.55 Å². The topological polar surface area (TPSA) is 56.5 Å². The van der Waals surface area contributed by atoms with Crippen LogP contribution in [0, 0.1) is 6.92 Å². The van der Waals surface area contributed by atoms with Gasteiger partial charge in [-0.15, -0.1) is 0 Å². The van der Waals surface area contributed by atoms with Crippen LogP contribution in [0.15, 0.2) is 36.4 Å². The number of aliphatic hydroxyl groups is 1. The summed E-state index contributed by atoms with van der Waals surface area (Å²) < 4.78 is 13.1. The third kappa shape index (κ3) is 2.43. The highest BCUT2D eigenvalue weighted by molar-refractivity contribution is 5.84. The third-order valence-corrected chi connectivity index (χ3v) is 4.09. The summed E-state index contributed by atoms with van der Waals surface area (Å²) in [5.74, 6) is 2.38. The molecular formula is C18H18N2O3. The van der Waals surface area contributed by atoms with Gasteiger partial charge in [-0.05, 0) is 13.3 Å². The molecule has 1 aliphatic heterocycles. The zero-order chi connectivity index (χ0) is 15.8. The van der Waals surface area contributed by atoms with Gasteiger partial charge in [0.05, 0.1) is 11.0 Å². The van der Waals surface area contributed by atoms with Crippen molar-refractivity contribution in [3.8, 4) is 22.9 Å². The number of nitrogens with zero attached hydrogens (tertiary/aromatic N) is 2. The van der Waals surface area contributed by atoms with Crippen molar-refractivity contribution >= 4 is 11.0 Å². The second kappa shape index (κ2) is 5.59. The Kier molecular flexibility index (Phi) is 3.42. The Morgan fingerprint density at radius 2 is 1.87 bits per heavy atom. The van der Waals surface area contributed by atoms with E-state index in [-0.39, 0.29) is 13.4 Å². The summed E-state index contributed by atoms with van der Waals surface area (Å²) >= 11 is 0. The Hall–Kier alpha value is -2.53. The largest absolute Gasteiger partial charge is 0.454 e. The fourth-order valence-corrected chi connectivity index (χ4v) is 2.89. The van der Waals surface area contributed by atoms with Crippen molar-refractivity contribution in [1.29, 1.82) is 0 Å². The highest BCUT2D eigenvalue weighted by atomic mass is 16.7. The molecule has 0 fully saturated rings. The molecule has 0 amide bonds. The van der Waals surface area contributed by atoms with Gasteiger partial charge in [0.2, 0.25) is 6.79 Å². The lowest BCUT2D eigenvalue weighted by Crippen LogP contribution is -2.02.